The van der Waals surface area contributed by atoms with E-state index in [4.69, 9.17) is 4.74 Å². The van der Waals surface area contributed by atoms with Crippen molar-refractivity contribution in [2.45, 2.75) is 71.2 Å². The zero-order valence-electron chi connectivity index (χ0n) is 11.5. The van der Waals surface area contributed by atoms with Gasteiger partial charge in [0.15, 0.2) is 0 Å². The van der Waals surface area contributed by atoms with E-state index in [1.165, 1.54) is 0 Å². The van der Waals surface area contributed by atoms with Gasteiger partial charge in [-0.3, -0.25) is 0 Å². The number of rotatable bonds is 0. The maximum atomic E-state index is 13.9. The summed E-state index contributed by atoms with van der Waals surface area (Å²) in [4.78, 5) is 13.6. The molecule has 1 aliphatic rings. The van der Waals surface area contributed by atoms with Crippen LogP contribution in [0.4, 0.5) is 9.18 Å². The molecule has 1 saturated heterocycles. The highest BCUT2D eigenvalue weighted by molar-refractivity contribution is 5.68. The molecular formula is C13H24FNO2. The third-order valence-electron chi connectivity index (χ3n) is 3.12. The Bertz CT molecular complexity index is 284. The van der Waals surface area contributed by atoms with Crippen molar-refractivity contribution >= 4 is 6.09 Å². The van der Waals surface area contributed by atoms with Crippen LogP contribution in [-0.4, -0.2) is 34.8 Å². The molecule has 0 N–H and O–H groups in total. The van der Waals surface area contributed by atoms with Crippen LogP contribution in [-0.2, 0) is 4.74 Å². The molecule has 4 heteroatoms. The molecule has 2 atom stereocenters. The first-order chi connectivity index (χ1) is 7.61. The summed E-state index contributed by atoms with van der Waals surface area (Å²) in [5, 5.41) is 0. The summed E-state index contributed by atoms with van der Waals surface area (Å²) >= 11 is 0. The van der Waals surface area contributed by atoms with Crippen molar-refractivity contribution < 1.29 is 13.9 Å². The lowest BCUT2D eigenvalue weighted by atomic mass is 9.99. The molecular weight excluding hydrogens is 221 g/mol. The van der Waals surface area contributed by atoms with Crippen LogP contribution in [0.2, 0.25) is 0 Å². The van der Waals surface area contributed by atoms with E-state index in [1.54, 1.807) is 11.8 Å². The molecule has 1 rings (SSSR count). The number of hydrogen-bond acceptors (Lipinski definition) is 2. The van der Waals surface area contributed by atoms with E-state index in [0.717, 1.165) is 0 Å². The number of amides is 1. The zero-order valence-corrected chi connectivity index (χ0v) is 11.5. The molecule has 1 heterocycles. The molecule has 17 heavy (non-hydrogen) atoms. The molecule has 0 spiro atoms. The maximum Gasteiger partial charge on any atom is 0.410 e. The fraction of sp³-hybridized carbons (Fsp3) is 0.923. The van der Waals surface area contributed by atoms with Crippen molar-refractivity contribution in [2.75, 3.05) is 6.54 Å². The molecule has 0 aromatic carbocycles. The summed E-state index contributed by atoms with van der Waals surface area (Å²) in [5.41, 5.74) is -1.66. The minimum atomic E-state index is -1.16. The monoisotopic (exact) mass is 245 g/mol. The van der Waals surface area contributed by atoms with Crippen molar-refractivity contribution in [1.29, 1.82) is 0 Å². The Morgan fingerprint density at radius 3 is 2.53 bits per heavy atom. The van der Waals surface area contributed by atoms with Gasteiger partial charge in [0.2, 0.25) is 0 Å². The standard InChI is InChI=1S/C13H24FNO2/c1-10-6-7-13(5,14)8-9-15(10)11(16)17-12(2,3)4/h10H,6-9H2,1-5H3. The minimum absolute atomic E-state index is 0.0439. The van der Waals surface area contributed by atoms with Crippen molar-refractivity contribution in [3.63, 3.8) is 0 Å². The number of carbonyl (C=O) groups is 1. The Labute approximate surface area is 103 Å². The first-order valence-corrected chi connectivity index (χ1v) is 6.29. The SMILES string of the molecule is CC1CCC(C)(F)CCN1C(=O)OC(C)(C)C. The van der Waals surface area contributed by atoms with Crippen LogP contribution in [0, 0.1) is 0 Å². The Kier molecular flexibility index (Phi) is 4.05. The fourth-order valence-electron chi connectivity index (χ4n) is 1.96. The van der Waals surface area contributed by atoms with Gasteiger partial charge in [0.25, 0.3) is 0 Å². The van der Waals surface area contributed by atoms with Crippen LogP contribution < -0.4 is 0 Å². The van der Waals surface area contributed by atoms with Gasteiger partial charge in [-0.05, 0) is 53.9 Å². The van der Waals surface area contributed by atoms with E-state index in [-0.39, 0.29) is 12.1 Å². The third kappa shape index (κ3) is 4.52. The fourth-order valence-corrected chi connectivity index (χ4v) is 1.96. The van der Waals surface area contributed by atoms with Crippen LogP contribution in [0.5, 0.6) is 0 Å². The second-order valence-corrected chi connectivity index (χ2v) is 6.22. The summed E-state index contributed by atoms with van der Waals surface area (Å²) in [7, 11) is 0. The lowest BCUT2D eigenvalue weighted by Crippen LogP contribution is -2.42. The van der Waals surface area contributed by atoms with Gasteiger partial charge in [-0.2, -0.15) is 0 Å². The Morgan fingerprint density at radius 2 is 2.00 bits per heavy atom. The quantitative estimate of drug-likeness (QED) is 0.653. The first-order valence-electron chi connectivity index (χ1n) is 6.29. The number of alkyl halides is 1. The largest absolute Gasteiger partial charge is 0.444 e. The van der Waals surface area contributed by atoms with Crippen LogP contribution in [0.15, 0.2) is 0 Å². The molecule has 0 bridgehead atoms. The summed E-state index contributed by atoms with van der Waals surface area (Å²) in [6, 6.07) is 0.0439. The van der Waals surface area contributed by atoms with Gasteiger partial charge in [-0.25, -0.2) is 9.18 Å². The highest BCUT2D eigenvalue weighted by Crippen LogP contribution is 2.29. The van der Waals surface area contributed by atoms with Crippen molar-refractivity contribution in [3.8, 4) is 0 Å². The molecule has 0 saturated carbocycles. The second-order valence-electron chi connectivity index (χ2n) is 6.22. The number of likely N-dealkylation sites (tertiary alicyclic amines) is 1. The van der Waals surface area contributed by atoms with Crippen LogP contribution in [0.1, 0.15) is 53.9 Å². The number of ether oxygens (including phenoxy) is 1. The van der Waals surface area contributed by atoms with Gasteiger partial charge in [0.1, 0.15) is 11.3 Å². The number of carbonyl (C=O) groups excluding carboxylic acids is 1. The normalized spacial score (nSPS) is 30.9. The topological polar surface area (TPSA) is 29.5 Å². The third-order valence-corrected chi connectivity index (χ3v) is 3.12. The van der Waals surface area contributed by atoms with Crippen molar-refractivity contribution in [2.24, 2.45) is 0 Å². The average Bonchev–Trinajstić information content (AvgIpc) is 2.23. The minimum Gasteiger partial charge on any atom is -0.444 e. The average molecular weight is 245 g/mol. The van der Waals surface area contributed by atoms with Gasteiger partial charge in [-0.1, -0.05) is 0 Å². The Balaban J connectivity index is 2.66. The second kappa shape index (κ2) is 4.83. The molecule has 1 amide bonds. The van der Waals surface area contributed by atoms with E-state index in [9.17, 15) is 9.18 Å². The van der Waals surface area contributed by atoms with E-state index in [1.807, 2.05) is 27.7 Å². The molecule has 0 aromatic heterocycles. The molecule has 0 radical (unpaired) electrons. The van der Waals surface area contributed by atoms with E-state index < -0.39 is 11.3 Å². The van der Waals surface area contributed by atoms with Crippen molar-refractivity contribution in [3.05, 3.63) is 0 Å². The maximum absolute atomic E-state index is 13.9. The van der Waals surface area contributed by atoms with E-state index in [0.29, 0.717) is 25.8 Å². The number of nitrogens with zero attached hydrogens (tertiary/aromatic N) is 1. The van der Waals surface area contributed by atoms with Crippen molar-refractivity contribution in [1.82, 2.24) is 4.90 Å². The van der Waals surface area contributed by atoms with Gasteiger partial charge in [0.05, 0.1) is 0 Å². The highest BCUT2D eigenvalue weighted by atomic mass is 19.1. The zero-order chi connectivity index (χ0) is 13.3. The van der Waals surface area contributed by atoms with E-state index in [2.05, 4.69) is 0 Å². The molecule has 1 aliphatic heterocycles. The lowest BCUT2D eigenvalue weighted by molar-refractivity contribution is 0.0177. The lowest BCUT2D eigenvalue weighted by Gasteiger charge is -2.30. The smallest absolute Gasteiger partial charge is 0.410 e. The molecule has 0 aliphatic carbocycles. The summed E-state index contributed by atoms with van der Waals surface area (Å²) in [6.45, 7) is 9.51. The van der Waals surface area contributed by atoms with Crippen LogP contribution >= 0.6 is 0 Å². The Hall–Kier alpha value is -0.800. The summed E-state index contributed by atoms with van der Waals surface area (Å²) in [6.07, 6.45) is 1.25. The number of hydrogen-bond donors (Lipinski definition) is 0. The molecule has 2 unspecified atom stereocenters. The summed E-state index contributed by atoms with van der Waals surface area (Å²) in [5.74, 6) is 0. The van der Waals surface area contributed by atoms with Gasteiger partial charge in [0, 0.05) is 12.6 Å². The Morgan fingerprint density at radius 1 is 1.41 bits per heavy atom. The molecule has 100 valence electrons. The van der Waals surface area contributed by atoms with Gasteiger partial charge in [-0.15, -0.1) is 0 Å². The predicted octanol–water partition coefficient (Wildman–Crippen LogP) is 3.52. The van der Waals surface area contributed by atoms with Gasteiger partial charge < -0.3 is 9.64 Å². The summed E-state index contributed by atoms with van der Waals surface area (Å²) < 4.78 is 19.2. The highest BCUT2D eigenvalue weighted by Gasteiger charge is 2.34. The van der Waals surface area contributed by atoms with Gasteiger partial charge >= 0.3 is 6.09 Å². The van der Waals surface area contributed by atoms with E-state index >= 15 is 0 Å². The molecule has 1 fully saturated rings. The van der Waals surface area contributed by atoms with Crippen LogP contribution in [0.25, 0.3) is 0 Å². The van der Waals surface area contributed by atoms with Crippen LogP contribution in [0.3, 0.4) is 0 Å². The molecule has 3 nitrogen and oxygen atoms in total. The molecule has 0 aromatic rings. The predicted molar refractivity (Wildman–Crippen MR) is 65.8 cm³/mol. The first kappa shape index (κ1) is 14.3. The number of halogens is 1.